The normalized spacial score (nSPS) is 20.3. The van der Waals surface area contributed by atoms with E-state index in [9.17, 15) is 9.59 Å². The predicted octanol–water partition coefficient (Wildman–Crippen LogP) is 4.14. The van der Waals surface area contributed by atoms with Crippen LogP contribution in [0.4, 0.5) is 0 Å². The fourth-order valence-electron chi connectivity index (χ4n) is 4.96. The van der Waals surface area contributed by atoms with Crippen molar-refractivity contribution in [1.82, 2.24) is 4.90 Å². The molecule has 1 heterocycles. The van der Waals surface area contributed by atoms with Crippen LogP contribution in [0.3, 0.4) is 0 Å². The van der Waals surface area contributed by atoms with E-state index in [4.69, 9.17) is 9.47 Å². The van der Waals surface area contributed by atoms with E-state index in [1.807, 2.05) is 18.2 Å². The quantitative estimate of drug-likeness (QED) is 0.785. The first-order chi connectivity index (χ1) is 13.6. The highest BCUT2D eigenvalue weighted by molar-refractivity contribution is 6.06. The van der Waals surface area contributed by atoms with E-state index >= 15 is 0 Å². The lowest BCUT2D eigenvalue weighted by molar-refractivity contribution is -0.117. The maximum absolute atomic E-state index is 13.1. The third-order valence-electron chi connectivity index (χ3n) is 6.14. The Kier molecular flexibility index (Phi) is 5.00. The summed E-state index contributed by atoms with van der Waals surface area (Å²) in [5.41, 5.74) is 4.79. The highest BCUT2D eigenvalue weighted by atomic mass is 16.5. The summed E-state index contributed by atoms with van der Waals surface area (Å²) < 4.78 is 10.9. The van der Waals surface area contributed by atoms with Gasteiger partial charge < -0.3 is 14.4 Å². The first kappa shape index (κ1) is 18.8. The van der Waals surface area contributed by atoms with E-state index in [0.717, 1.165) is 60.3 Å². The Labute approximate surface area is 166 Å². The van der Waals surface area contributed by atoms with Gasteiger partial charge in [-0.25, -0.2) is 0 Å². The number of ether oxygens (including phenoxy) is 2. The molecule has 1 aliphatic heterocycles. The van der Waals surface area contributed by atoms with Gasteiger partial charge in [-0.3, -0.25) is 9.59 Å². The number of carbonyl (C=O) groups excluding carboxylic acids is 2. The van der Waals surface area contributed by atoms with Crippen LogP contribution in [0.5, 0.6) is 11.5 Å². The molecule has 3 aliphatic rings. The lowest BCUT2D eigenvalue weighted by Crippen LogP contribution is -2.39. The number of ketones is 2. The monoisotopic (exact) mass is 381 g/mol. The molecule has 0 bridgehead atoms. The van der Waals surface area contributed by atoms with Crippen LogP contribution in [0.1, 0.15) is 56.9 Å². The third kappa shape index (κ3) is 2.84. The number of benzene rings is 1. The minimum absolute atomic E-state index is 0.171. The molecule has 0 N–H and O–H groups in total. The topological polar surface area (TPSA) is 55.8 Å². The van der Waals surface area contributed by atoms with Crippen LogP contribution in [0, 0.1) is 0 Å². The molecule has 1 aromatic carbocycles. The molecule has 0 radical (unpaired) electrons. The summed E-state index contributed by atoms with van der Waals surface area (Å²) in [5, 5.41) is 0. The van der Waals surface area contributed by atoms with Crippen LogP contribution in [-0.4, -0.2) is 37.2 Å². The average Bonchev–Trinajstić information content (AvgIpc) is 2.72. The van der Waals surface area contributed by atoms with Crippen LogP contribution >= 0.6 is 0 Å². The second-order valence-corrected chi connectivity index (χ2v) is 7.57. The van der Waals surface area contributed by atoms with Gasteiger partial charge in [-0.15, -0.1) is 0 Å². The maximum atomic E-state index is 13.1. The Morgan fingerprint density at radius 3 is 1.96 bits per heavy atom. The van der Waals surface area contributed by atoms with E-state index in [0.29, 0.717) is 24.3 Å². The van der Waals surface area contributed by atoms with Crippen molar-refractivity contribution in [3.63, 3.8) is 0 Å². The fourth-order valence-corrected chi connectivity index (χ4v) is 4.96. The number of allylic oxidation sites excluding steroid dienone is 4. The largest absolute Gasteiger partial charge is 0.493 e. The van der Waals surface area contributed by atoms with Crippen molar-refractivity contribution in [2.45, 2.75) is 51.4 Å². The molecule has 4 rings (SSSR count). The number of nitrogens with zero attached hydrogens (tertiary/aromatic N) is 1. The van der Waals surface area contributed by atoms with Crippen LogP contribution in [0.2, 0.25) is 0 Å². The van der Waals surface area contributed by atoms with E-state index in [1.54, 1.807) is 14.2 Å². The summed E-state index contributed by atoms with van der Waals surface area (Å²) in [6, 6.07) is 5.75. The van der Waals surface area contributed by atoms with Crippen molar-refractivity contribution in [2.75, 3.05) is 20.8 Å². The number of methoxy groups -OCH3 is 2. The van der Waals surface area contributed by atoms with Crippen molar-refractivity contribution in [3.8, 4) is 11.5 Å². The predicted molar refractivity (Wildman–Crippen MR) is 106 cm³/mol. The van der Waals surface area contributed by atoms with Crippen LogP contribution in [0.25, 0.3) is 0 Å². The molecule has 2 aliphatic carbocycles. The SMILES string of the molecule is CCN1C2=C(C(=O)CCC2)C(c2ccc(OC)c(OC)c2)C2=C1CCCC2=O. The van der Waals surface area contributed by atoms with Crippen LogP contribution < -0.4 is 9.47 Å². The molecule has 28 heavy (non-hydrogen) atoms. The van der Waals surface area contributed by atoms with Gasteiger partial charge in [-0.2, -0.15) is 0 Å². The van der Waals surface area contributed by atoms with Gasteiger partial charge in [-0.1, -0.05) is 6.07 Å². The second kappa shape index (κ2) is 7.46. The van der Waals surface area contributed by atoms with Crippen molar-refractivity contribution in [1.29, 1.82) is 0 Å². The highest BCUT2D eigenvalue weighted by Crippen LogP contribution is 2.49. The lowest BCUT2D eigenvalue weighted by Gasteiger charge is -2.43. The lowest BCUT2D eigenvalue weighted by atomic mass is 9.71. The van der Waals surface area contributed by atoms with Gasteiger partial charge in [-0.05, 0) is 50.3 Å². The number of Topliss-reactive ketones (excluding diaryl/α,β-unsaturated/α-hetero) is 2. The van der Waals surface area contributed by atoms with Gasteiger partial charge in [0.05, 0.1) is 14.2 Å². The molecule has 5 nitrogen and oxygen atoms in total. The average molecular weight is 381 g/mol. The van der Waals surface area contributed by atoms with Crippen molar-refractivity contribution >= 4 is 11.6 Å². The number of rotatable bonds is 4. The van der Waals surface area contributed by atoms with Crippen LogP contribution in [-0.2, 0) is 9.59 Å². The van der Waals surface area contributed by atoms with Crippen LogP contribution in [0.15, 0.2) is 40.7 Å². The Morgan fingerprint density at radius 2 is 1.46 bits per heavy atom. The molecule has 0 spiro atoms. The number of hydrogen-bond donors (Lipinski definition) is 0. The minimum atomic E-state index is -0.298. The minimum Gasteiger partial charge on any atom is -0.493 e. The summed E-state index contributed by atoms with van der Waals surface area (Å²) in [6.07, 6.45) is 4.65. The molecule has 0 fully saturated rings. The summed E-state index contributed by atoms with van der Waals surface area (Å²) in [7, 11) is 3.21. The molecule has 148 valence electrons. The summed E-state index contributed by atoms with van der Waals surface area (Å²) in [6.45, 7) is 2.89. The van der Waals surface area contributed by atoms with Gasteiger partial charge in [0, 0.05) is 47.8 Å². The van der Waals surface area contributed by atoms with E-state index in [-0.39, 0.29) is 17.5 Å². The Bertz CT molecular complexity index is 852. The van der Waals surface area contributed by atoms with E-state index in [1.165, 1.54) is 0 Å². The molecule has 5 heteroatoms. The molecule has 0 aromatic heterocycles. The highest BCUT2D eigenvalue weighted by Gasteiger charge is 2.42. The van der Waals surface area contributed by atoms with Crippen molar-refractivity contribution in [2.24, 2.45) is 0 Å². The first-order valence-corrected chi connectivity index (χ1v) is 10.1. The van der Waals surface area contributed by atoms with Gasteiger partial charge in [0.15, 0.2) is 23.1 Å². The molecule has 0 unspecified atom stereocenters. The van der Waals surface area contributed by atoms with Gasteiger partial charge in [0.1, 0.15) is 0 Å². The summed E-state index contributed by atoms with van der Waals surface area (Å²) in [4.78, 5) is 28.4. The van der Waals surface area contributed by atoms with Crippen molar-refractivity contribution in [3.05, 3.63) is 46.3 Å². The van der Waals surface area contributed by atoms with Gasteiger partial charge in [0.2, 0.25) is 0 Å². The molecule has 0 saturated carbocycles. The summed E-state index contributed by atoms with van der Waals surface area (Å²) >= 11 is 0. The first-order valence-electron chi connectivity index (χ1n) is 10.1. The Morgan fingerprint density at radius 1 is 0.893 bits per heavy atom. The number of carbonyl (C=O) groups is 2. The second-order valence-electron chi connectivity index (χ2n) is 7.57. The number of hydrogen-bond acceptors (Lipinski definition) is 5. The van der Waals surface area contributed by atoms with Gasteiger partial charge in [0.25, 0.3) is 0 Å². The smallest absolute Gasteiger partial charge is 0.161 e. The Hall–Kier alpha value is -2.56. The summed E-state index contributed by atoms with van der Waals surface area (Å²) in [5.74, 6) is 1.31. The zero-order valence-corrected chi connectivity index (χ0v) is 16.8. The fraction of sp³-hybridized carbons (Fsp3) is 0.478. The molecular formula is C23H27NO4. The third-order valence-corrected chi connectivity index (χ3v) is 6.14. The van der Waals surface area contributed by atoms with Gasteiger partial charge >= 0.3 is 0 Å². The molecular weight excluding hydrogens is 354 g/mol. The maximum Gasteiger partial charge on any atom is 0.161 e. The zero-order valence-electron chi connectivity index (χ0n) is 16.8. The molecule has 1 aromatic rings. The molecule has 0 saturated heterocycles. The molecule has 0 atom stereocenters. The zero-order chi connectivity index (χ0) is 19.8. The van der Waals surface area contributed by atoms with E-state index < -0.39 is 0 Å². The molecule has 0 amide bonds. The Balaban J connectivity index is 1.95. The van der Waals surface area contributed by atoms with E-state index in [2.05, 4.69) is 11.8 Å². The standard InChI is InChI=1S/C23H27NO4/c1-4-24-15-7-5-9-17(25)22(15)21(23-16(24)8-6-10-18(23)26)14-11-12-19(27-2)20(13-14)28-3/h11-13,21H,4-10H2,1-3H3. The van der Waals surface area contributed by atoms with Crippen molar-refractivity contribution < 1.29 is 19.1 Å².